The third-order valence-corrected chi connectivity index (χ3v) is 2.42. The van der Waals surface area contributed by atoms with Crippen LogP contribution in [0.3, 0.4) is 0 Å². The Labute approximate surface area is 80.9 Å². The third kappa shape index (κ3) is 1.21. The molecule has 4 nitrogen and oxygen atoms in total. The van der Waals surface area contributed by atoms with Crippen LogP contribution < -0.4 is 0 Å². The Balaban J connectivity index is 2.65. The molecule has 0 aliphatic rings. The molecule has 0 amide bonds. The molecule has 2 aromatic rings. The van der Waals surface area contributed by atoms with E-state index >= 15 is 0 Å². The molecule has 0 bridgehead atoms. The molecular weight excluding hydrogens is 188 g/mol. The zero-order chi connectivity index (χ0) is 9.59. The van der Waals surface area contributed by atoms with Gasteiger partial charge < -0.3 is 4.98 Å². The number of nitrogens with one attached hydrogen (secondary N) is 1. The first-order valence-electron chi connectivity index (χ1n) is 4.20. The van der Waals surface area contributed by atoms with Crippen LogP contribution in [0.4, 0.5) is 0 Å². The molecule has 0 radical (unpaired) electrons. The fourth-order valence-corrected chi connectivity index (χ4v) is 1.34. The maximum absolute atomic E-state index is 6.01. The fraction of sp³-hybridized carbons (Fsp3) is 0.500. The fourth-order valence-electron chi connectivity index (χ4n) is 1.18. The summed E-state index contributed by atoms with van der Waals surface area (Å²) in [5.74, 6) is 1.27. The third-order valence-electron chi connectivity index (χ3n) is 1.97. The second-order valence-electron chi connectivity index (χ2n) is 3.40. The van der Waals surface area contributed by atoms with Crippen LogP contribution in [-0.4, -0.2) is 19.8 Å². The van der Waals surface area contributed by atoms with Gasteiger partial charge in [0.15, 0.2) is 5.65 Å². The van der Waals surface area contributed by atoms with Gasteiger partial charge in [0.05, 0.1) is 5.69 Å². The number of aryl methyl sites for hydroxylation is 1. The molecule has 0 aromatic carbocycles. The summed E-state index contributed by atoms with van der Waals surface area (Å²) >= 11 is 6.01. The minimum absolute atomic E-state index is 0.359. The van der Waals surface area contributed by atoms with Gasteiger partial charge in [-0.05, 0) is 6.92 Å². The summed E-state index contributed by atoms with van der Waals surface area (Å²) in [5.41, 5.74) is 1.58. The van der Waals surface area contributed by atoms with Crippen LogP contribution in [0.2, 0.25) is 5.02 Å². The molecule has 0 aliphatic carbocycles. The number of hydrogen-bond acceptors (Lipinski definition) is 2. The molecule has 2 aromatic heterocycles. The number of fused-ring (bicyclic) bond motifs is 1. The minimum atomic E-state index is 0.359. The lowest BCUT2D eigenvalue weighted by molar-refractivity contribution is 0.725. The van der Waals surface area contributed by atoms with Crippen molar-refractivity contribution in [2.75, 3.05) is 0 Å². The van der Waals surface area contributed by atoms with Crippen molar-refractivity contribution in [3.05, 3.63) is 16.5 Å². The van der Waals surface area contributed by atoms with E-state index in [2.05, 4.69) is 29.0 Å². The summed E-state index contributed by atoms with van der Waals surface area (Å²) in [4.78, 5) is 3.14. The van der Waals surface area contributed by atoms with Gasteiger partial charge in [-0.1, -0.05) is 25.4 Å². The van der Waals surface area contributed by atoms with Crippen LogP contribution >= 0.6 is 11.6 Å². The number of rotatable bonds is 1. The number of nitrogens with zero attached hydrogens (tertiary/aromatic N) is 3. The number of H-pyrrole nitrogens is 1. The number of aromatic amines is 1. The van der Waals surface area contributed by atoms with E-state index in [1.807, 2.05) is 6.92 Å². The average molecular weight is 199 g/mol. The van der Waals surface area contributed by atoms with Crippen molar-refractivity contribution in [3.8, 4) is 0 Å². The van der Waals surface area contributed by atoms with Gasteiger partial charge in [-0.3, -0.25) is 0 Å². The second-order valence-corrected chi connectivity index (χ2v) is 3.78. The van der Waals surface area contributed by atoms with Crippen molar-refractivity contribution in [2.45, 2.75) is 26.7 Å². The highest BCUT2D eigenvalue weighted by Gasteiger charge is 2.12. The molecule has 0 unspecified atom stereocenters. The standard InChI is InChI=1S/C8H11ClN4/c1-4(2)7-10-8-6(9)5(3)11-13(8)12-7/h4H,1-3H3,(H,10,12). The molecule has 2 heterocycles. The summed E-state index contributed by atoms with van der Waals surface area (Å²) in [5, 5.41) is 9.07. The molecular formula is C8H11ClN4. The Hall–Kier alpha value is -1.03. The number of hydrogen-bond donors (Lipinski definition) is 1. The predicted molar refractivity (Wildman–Crippen MR) is 51.2 cm³/mol. The van der Waals surface area contributed by atoms with Gasteiger partial charge in [-0.25, -0.2) is 0 Å². The Morgan fingerprint density at radius 3 is 2.62 bits per heavy atom. The Kier molecular flexibility index (Phi) is 1.80. The Morgan fingerprint density at radius 2 is 2.08 bits per heavy atom. The van der Waals surface area contributed by atoms with E-state index in [0.29, 0.717) is 10.9 Å². The smallest absolute Gasteiger partial charge is 0.174 e. The first-order chi connectivity index (χ1) is 6.09. The van der Waals surface area contributed by atoms with E-state index in [-0.39, 0.29) is 0 Å². The Bertz CT molecular complexity index is 440. The highest BCUT2D eigenvalue weighted by molar-refractivity contribution is 6.34. The van der Waals surface area contributed by atoms with Gasteiger partial charge in [-0.2, -0.15) is 5.10 Å². The second kappa shape index (κ2) is 2.73. The average Bonchev–Trinajstić information content (AvgIpc) is 2.55. The van der Waals surface area contributed by atoms with Gasteiger partial charge in [0, 0.05) is 5.92 Å². The quantitative estimate of drug-likeness (QED) is 0.763. The maximum atomic E-state index is 6.01. The van der Waals surface area contributed by atoms with Crippen molar-refractivity contribution < 1.29 is 0 Å². The summed E-state index contributed by atoms with van der Waals surface area (Å²) in [6, 6.07) is 0. The van der Waals surface area contributed by atoms with Gasteiger partial charge >= 0.3 is 0 Å². The lowest BCUT2D eigenvalue weighted by Crippen LogP contribution is -1.93. The SMILES string of the molecule is Cc1nn2nc(C(C)C)[nH]c2c1Cl. The Morgan fingerprint density at radius 1 is 1.38 bits per heavy atom. The van der Waals surface area contributed by atoms with Crippen molar-refractivity contribution in [1.82, 2.24) is 19.8 Å². The number of aromatic nitrogens is 4. The van der Waals surface area contributed by atoms with E-state index in [0.717, 1.165) is 17.2 Å². The molecule has 5 heteroatoms. The molecule has 0 saturated heterocycles. The van der Waals surface area contributed by atoms with Gasteiger partial charge in [0.1, 0.15) is 10.8 Å². The van der Waals surface area contributed by atoms with E-state index in [1.54, 1.807) is 4.63 Å². The first kappa shape index (κ1) is 8.56. The van der Waals surface area contributed by atoms with E-state index < -0.39 is 0 Å². The summed E-state index contributed by atoms with van der Waals surface area (Å²) in [7, 11) is 0. The molecule has 0 atom stereocenters. The van der Waals surface area contributed by atoms with E-state index in [9.17, 15) is 0 Å². The molecule has 13 heavy (non-hydrogen) atoms. The zero-order valence-corrected chi connectivity index (χ0v) is 8.55. The molecule has 70 valence electrons. The molecule has 0 fully saturated rings. The molecule has 0 spiro atoms. The largest absolute Gasteiger partial charge is 0.324 e. The van der Waals surface area contributed by atoms with Crippen LogP contribution in [0.15, 0.2) is 0 Å². The van der Waals surface area contributed by atoms with Crippen molar-refractivity contribution in [1.29, 1.82) is 0 Å². The molecule has 0 saturated carbocycles. The van der Waals surface area contributed by atoms with Crippen LogP contribution in [0.5, 0.6) is 0 Å². The van der Waals surface area contributed by atoms with E-state index in [1.165, 1.54) is 0 Å². The maximum Gasteiger partial charge on any atom is 0.174 e. The summed E-state index contributed by atoms with van der Waals surface area (Å²) < 4.78 is 1.55. The number of halogens is 1. The van der Waals surface area contributed by atoms with Crippen LogP contribution in [0.25, 0.3) is 5.65 Å². The minimum Gasteiger partial charge on any atom is -0.324 e. The van der Waals surface area contributed by atoms with Crippen molar-refractivity contribution in [2.24, 2.45) is 0 Å². The van der Waals surface area contributed by atoms with E-state index in [4.69, 9.17) is 11.6 Å². The van der Waals surface area contributed by atoms with Crippen LogP contribution in [0, 0.1) is 6.92 Å². The topological polar surface area (TPSA) is 46.0 Å². The monoisotopic (exact) mass is 198 g/mol. The highest BCUT2D eigenvalue weighted by Crippen LogP contribution is 2.20. The normalized spacial score (nSPS) is 11.8. The van der Waals surface area contributed by atoms with Crippen molar-refractivity contribution >= 4 is 17.2 Å². The van der Waals surface area contributed by atoms with Gasteiger partial charge in [-0.15, -0.1) is 9.73 Å². The lowest BCUT2D eigenvalue weighted by atomic mass is 10.2. The predicted octanol–water partition coefficient (Wildman–Crippen LogP) is 2.14. The van der Waals surface area contributed by atoms with Crippen LogP contribution in [-0.2, 0) is 0 Å². The van der Waals surface area contributed by atoms with Gasteiger partial charge in [0.25, 0.3) is 0 Å². The molecule has 1 N–H and O–H groups in total. The lowest BCUT2D eigenvalue weighted by Gasteiger charge is -1.95. The first-order valence-corrected chi connectivity index (χ1v) is 4.58. The summed E-state index contributed by atoms with van der Waals surface area (Å²) in [6.07, 6.45) is 0. The molecule has 2 rings (SSSR count). The van der Waals surface area contributed by atoms with Gasteiger partial charge in [0.2, 0.25) is 0 Å². The zero-order valence-electron chi connectivity index (χ0n) is 7.80. The highest BCUT2D eigenvalue weighted by atomic mass is 35.5. The van der Waals surface area contributed by atoms with Crippen LogP contribution in [0.1, 0.15) is 31.3 Å². The summed E-state index contributed by atoms with van der Waals surface area (Å²) in [6.45, 7) is 6.00. The van der Waals surface area contributed by atoms with Crippen molar-refractivity contribution in [3.63, 3.8) is 0 Å². The molecule has 0 aliphatic heterocycles.